The van der Waals surface area contributed by atoms with Crippen molar-refractivity contribution in [3.63, 3.8) is 0 Å². The number of carbonyl (C=O) groups is 1. The first-order valence-corrected chi connectivity index (χ1v) is 6.83. The maximum atomic E-state index is 11.9. The smallest absolute Gasteiger partial charge is 0.320 e. The van der Waals surface area contributed by atoms with Crippen LogP contribution in [0, 0.1) is 0 Å². The Morgan fingerprint density at radius 2 is 2.00 bits per heavy atom. The van der Waals surface area contributed by atoms with Crippen molar-refractivity contribution in [1.82, 2.24) is 10.3 Å². The van der Waals surface area contributed by atoms with E-state index >= 15 is 0 Å². The monoisotopic (exact) mass is 335 g/mol. The van der Waals surface area contributed by atoms with E-state index in [0.717, 1.165) is 10.0 Å². The number of aromatic nitrogens is 1. The van der Waals surface area contributed by atoms with Gasteiger partial charge in [-0.1, -0.05) is 30.3 Å². The number of hydrogen-bond acceptors (Lipinski definition) is 3. The van der Waals surface area contributed by atoms with Crippen LogP contribution in [0.5, 0.6) is 0 Å². The number of amides is 2. The van der Waals surface area contributed by atoms with Crippen LogP contribution >= 0.6 is 15.9 Å². The van der Waals surface area contributed by atoms with Crippen molar-refractivity contribution < 1.29 is 9.90 Å². The molecule has 1 aromatic carbocycles. The summed E-state index contributed by atoms with van der Waals surface area (Å²) in [5.41, 5.74) is 0.842. The SMILES string of the molecule is O=C(Nc1ccc(Br)cn1)NC(CO)c1ccccc1. The Kier molecular flexibility index (Phi) is 5.09. The van der Waals surface area contributed by atoms with Crippen LogP contribution in [0.4, 0.5) is 10.6 Å². The van der Waals surface area contributed by atoms with Gasteiger partial charge in [0, 0.05) is 10.7 Å². The summed E-state index contributed by atoms with van der Waals surface area (Å²) in [5.74, 6) is 0.440. The standard InChI is InChI=1S/C14H14BrN3O2/c15-11-6-7-13(16-8-11)18-14(20)17-12(9-19)10-4-2-1-3-5-10/h1-8,12,19H,9H2,(H2,16,17,18,20). The van der Waals surface area contributed by atoms with Gasteiger partial charge >= 0.3 is 6.03 Å². The van der Waals surface area contributed by atoms with Crippen LogP contribution in [0.2, 0.25) is 0 Å². The molecule has 1 heterocycles. The highest BCUT2D eigenvalue weighted by atomic mass is 79.9. The Bertz CT molecular complexity index is 560. The fourth-order valence-electron chi connectivity index (χ4n) is 1.68. The Morgan fingerprint density at radius 3 is 2.60 bits per heavy atom. The van der Waals surface area contributed by atoms with Gasteiger partial charge in [-0.2, -0.15) is 0 Å². The number of hydrogen-bond donors (Lipinski definition) is 3. The molecule has 2 rings (SSSR count). The highest BCUT2D eigenvalue weighted by Gasteiger charge is 2.13. The molecule has 104 valence electrons. The van der Waals surface area contributed by atoms with Gasteiger partial charge in [-0.15, -0.1) is 0 Å². The zero-order chi connectivity index (χ0) is 14.4. The van der Waals surface area contributed by atoms with Crippen LogP contribution < -0.4 is 10.6 Å². The van der Waals surface area contributed by atoms with E-state index in [0.29, 0.717) is 5.82 Å². The number of nitrogens with zero attached hydrogens (tertiary/aromatic N) is 1. The third-order valence-corrected chi connectivity index (χ3v) is 3.13. The summed E-state index contributed by atoms with van der Waals surface area (Å²) < 4.78 is 0.834. The van der Waals surface area contributed by atoms with Gasteiger partial charge in [-0.25, -0.2) is 9.78 Å². The number of pyridine rings is 1. The molecule has 3 N–H and O–H groups in total. The maximum absolute atomic E-state index is 11.9. The molecule has 0 spiro atoms. The van der Waals surface area contributed by atoms with E-state index in [4.69, 9.17) is 0 Å². The first kappa shape index (κ1) is 14.5. The molecule has 2 aromatic rings. The van der Waals surface area contributed by atoms with Crippen molar-refractivity contribution >= 4 is 27.8 Å². The van der Waals surface area contributed by atoms with Crippen molar-refractivity contribution in [3.05, 3.63) is 58.7 Å². The minimum atomic E-state index is -0.452. The summed E-state index contributed by atoms with van der Waals surface area (Å²) in [6.07, 6.45) is 1.59. The topological polar surface area (TPSA) is 74.2 Å². The summed E-state index contributed by atoms with van der Waals surface area (Å²) in [4.78, 5) is 15.9. The Balaban J connectivity index is 1.97. The van der Waals surface area contributed by atoms with Crippen LogP contribution in [0.15, 0.2) is 53.1 Å². The van der Waals surface area contributed by atoms with Crippen molar-refractivity contribution in [3.8, 4) is 0 Å². The molecule has 1 unspecified atom stereocenters. The number of aliphatic hydroxyl groups excluding tert-OH is 1. The van der Waals surface area contributed by atoms with Crippen LogP contribution in [0.3, 0.4) is 0 Å². The quantitative estimate of drug-likeness (QED) is 0.804. The first-order valence-electron chi connectivity index (χ1n) is 6.04. The van der Waals surface area contributed by atoms with Crippen molar-refractivity contribution in [1.29, 1.82) is 0 Å². The van der Waals surface area contributed by atoms with Gasteiger partial charge in [0.2, 0.25) is 0 Å². The van der Waals surface area contributed by atoms with Crippen molar-refractivity contribution in [2.45, 2.75) is 6.04 Å². The zero-order valence-corrected chi connectivity index (χ0v) is 12.2. The Morgan fingerprint density at radius 1 is 1.25 bits per heavy atom. The number of anilines is 1. The van der Waals surface area contributed by atoms with Gasteiger partial charge in [0.15, 0.2) is 0 Å². The van der Waals surface area contributed by atoms with E-state index in [9.17, 15) is 9.90 Å². The summed E-state index contributed by atoms with van der Waals surface area (Å²) in [6, 6.07) is 11.9. The number of benzene rings is 1. The molecule has 0 aliphatic rings. The van der Waals surface area contributed by atoms with Crippen molar-refractivity contribution in [2.75, 3.05) is 11.9 Å². The molecule has 5 nitrogen and oxygen atoms in total. The van der Waals surface area contributed by atoms with Crippen LogP contribution in [0.25, 0.3) is 0 Å². The Labute approximate surface area is 125 Å². The Hall–Kier alpha value is -1.92. The average molecular weight is 336 g/mol. The number of rotatable bonds is 4. The van der Waals surface area contributed by atoms with Gasteiger partial charge in [-0.3, -0.25) is 5.32 Å². The lowest BCUT2D eigenvalue weighted by Crippen LogP contribution is -2.34. The summed E-state index contributed by atoms with van der Waals surface area (Å²) in [7, 11) is 0. The second kappa shape index (κ2) is 7.02. The third-order valence-electron chi connectivity index (χ3n) is 2.66. The fourth-order valence-corrected chi connectivity index (χ4v) is 1.91. The highest BCUT2D eigenvalue weighted by molar-refractivity contribution is 9.10. The number of aliphatic hydroxyl groups is 1. The predicted molar refractivity (Wildman–Crippen MR) is 80.4 cm³/mol. The third kappa shape index (κ3) is 4.04. The van der Waals surface area contributed by atoms with E-state index in [1.165, 1.54) is 0 Å². The van der Waals surface area contributed by atoms with Crippen LogP contribution in [-0.2, 0) is 0 Å². The van der Waals surface area contributed by atoms with E-state index in [1.54, 1.807) is 18.3 Å². The summed E-state index contributed by atoms with van der Waals surface area (Å²) in [6.45, 7) is -0.175. The molecule has 0 fully saturated rings. The number of halogens is 1. The minimum absolute atomic E-state index is 0.175. The number of urea groups is 1. The second-order valence-electron chi connectivity index (χ2n) is 4.11. The van der Waals surface area contributed by atoms with Gasteiger partial charge in [0.25, 0.3) is 0 Å². The molecule has 0 aliphatic heterocycles. The molecule has 0 saturated carbocycles. The minimum Gasteiger partial charge on any atom is -0.394 e. The van der Waals surface area contributed by atoms with E-state index in [-0.39, 0.29) is 6.61 Å². The lowest BCUT2D eigenvalue weighted by atomic mass is 10.1. The van der Waals surface area contributed by atoms with Crippen LogP contribution in [0.1, 0.15) is 11.6 Å². The van der Waals surface area contributed by atoms with E-state index in [2.05, 4.69) is 31.5 Å². The molecule has 1 atom stereocenters. The molecule has 1 aromatic heterocycles. The molecule has 2 amide bonds. The van der Waals surface area contributed by atoms with Gasteiger partial charge in [0.1, 0.15) is 5.82 Å². The van der Waals surface area contributed by atoms with E-state index in [1.807, 2.05) is 30.3 Å². The lowest BCUT2D eigenvalue weighted by molar-refractivity contribution is 0.225. The highest BCUT2D eigenvalue weighted by Crippen LogP contribution is 2.13. The van der Waals surface area contributed by atoms with Crippen molar-refractivity contribution in [2.24, 2.45) is 0 Å². The maximum Gasteiger partial charge on any atom is 0.320 e. The van der Waals surface area contributed by atoms with Gasteiger partial charge in [-0.05, 0) is 33.6 Å². The molecule has 6 heteroatoms. The molecule has 0 saturated heterocycles. The molecule has 0 aliphatic carbocycles. The number of carbonyl (C=O) groups excluding carboxylic acids is 1. The summed E-state index contributed by atoms with van der Waals surface area (Å²) >= 11 is 3.27. The lowest BCUT2D eigenvalue weighted by Gasteiger charge is -2.17. The van der Waals surface area contributed by atoms with Crippen LogP contribution in [-0.4, -0.2) is 22.7 Å². The molecule has 0 radical (unpaired) electrons. The normalized spacial score (nSPS) is 11.7. The summed E-state index contributed by atoms with van der Waals surface area (Å²) in [5, 5.41) is 14.7. The number of nitrogens with one attached hydrogen (secondary N) is 2. The molecule has 20 heavy (non-hydrogen) atoms. The van der Waals surface area contributed by atoms with Gasteiger partial charge < -0.3 is 10.4 Å². The first-order chi connectivity index (χ1) is 9.69. The fraction of sp³-hybridized carbons (Fsp3) is 0.143. The molecule has 0 bridgehead atoms. The molecular weight excluding hydrogens is 322 g/mol. The predicted octanol–water partition coefficient (Wildman–Crippen LogP) is 2.70. The largest absolute Gasteiger partial charge is 0.394 e. The average Bonchev–Trinajstić information content (AvgIpc) is 2.48. The molecular formula is C14H14BrN3O2. The second-order valence-corrected chi connectivity index (χ2v) is 5.02. The van der Waals surface area contributed by atoms with Gasteiger partial charge in [0.05, 0.1) is 12.6 Å². The zero-order valence-electron chi connectivity index (χ0n) is 10.6. The van der Waals surface area contributed by atoms with E-state index < -0.39 is 12.1 Å².